The smallest absolute Gasteiger partial charge is 0.269 e. The molecular weight excluding hydrogens is 360 g/mol. The molecule has 3 heterocycles. The number of benzene rings is 1. The SMILES string of the molecule is O=C1NCCn2nc3c(c21)CCc1cnc(/C=C/c2cccc(Cl)c2)cc1-3. The Labute approximate surface area is 161 Å². The second-order valence-corrected chi connectivity index (χ2v) is 7.25. The lowest BCUT2D eigenvalue weighted by molar-refractivity contribution is 0.0923. The predicted octanol–water partition coefficient (Wildman–Crippen LogP) is 3.61. The highest BCUT2D eigenvalue weighted by atomic mass is 35.5. The third kappa shape index (κ3) is 2.84. The van der Waals surface area contributed by atoms with Gasteiger partial charge in [-0.15, -0.1) is 0 Å². The number of aromatic nitrogens is 3. The van der Waals surface area contributed by atoms with Gasteiger partial charge in [-0.1, -0.05) is 29.8 Å². The Hall–Kier alpha value is -2.92. The quantitative estimate of drug-likeness (QED) is 0.743. The zero-order valence-electron chi connectivity index (χ0n) is 14.6. The summed E-state index contributed by atoms with van der Waals surface area (Å²) in [5.41, 5.74) is 6.83. The first-order valence-electron chi connectivity index (χ1n) is 9.00. The molecule has 5 rings (SSSR count). The molecule has 5 nitrogen and oxygen atoms in total. The van der Waals surface area contributed by atoms with Crippen molar-refractivity contribution in [3.63, 3.8) is 0 Å². The number of amides is 1. The summed E-state index contributed by atoms with van der Waals surface area (Å²) in [6, 6.07) is 9.76. The Bertz CT molecular complexity index is 1100. The highest BCUT2D eigenvalue weighted by Crippen LogP contribution is 2.35. The van der Waals surface area contributed by atoms with E-state index in [1.807, 2.05) is 47.3 Å². The van der Waals surface area contributed by atoms with Gasteiger partial charge in [-0.2, -0.15) is 5.10 Å². The number of nitrogens with one attached hydrogen (secondary N) is 1. The van der Waals surface area contributed by atoms with E-state index >= 15 is 0 Å². The largest absolute Gasteiger partial charge is 0.349 e. The molecule has 1 N–H and O–H groups in total. The van der Waals surface area contributed by atoms with Crippen LogP contribution in [-0.2, 0) is 19.4 Å². The van der Waals surface area contributed by atoms with Crippen LogP contribution in [-0.4, -0.2) is 27.2 Å². The molecule has 134 valence electrons. The summed E-state index contributed by atoms with van der Waals surface area (Å²) in [6.07, 6.45) is 7.59. The number of halogens is 1. The van der Waals surface area contributed by atoms with Crippen LogP contribution in [0.15, 0.2) is 36.5 Å². The maximum absolute atomic E-state index is 12.3. The molecule has 2 aromatic heterocycles. The summed E-state index contributed by atoms with van der Waals surface area (Å²) in [7, 11) is 0. The lowest BCUT2D eigenvalue weighted by Gasteiger charge is -2.17. The Morgan fingerprint density at radius 3 is 3.00 bits per heavy atom. The van der Waals surface area contributed by atoms with Crippen molar-refractivity contribution in [2.45, 2.75) is 19.4 Å². The van der Waals surface area contributed by atoms with E-state index in [0.717, 1.165) is 53.2 Å². The van der Waals surface area contributed by atoms with E-state index in [1.54, 1.807) is 0 Å². The van der Waals surface area contributed by atoms with Gasteiger partial charge in [0.2, 0.25) is 0 Å². The predicted molar refractivity (Wildman–Crippen MR) is 106 cm³/mol. The average molecular weight is 377 g/mol. The molecule has 6 heteroatoms. The third-order valence-corrected chi connectivity index (χ3v) is 5.31. The van der Waals surface area contributed by atoms with Gasteiger partial charge < -0.3 is 5.32 Å². The first-order valence-corrected chi connectivity index (χ1v) is 9.38. The van der Waals surface area contributed by atoms with Crippen LogP contribution in [0.25, 0.3) is 23.4 Å². The van der Waals surface area contributed by atoms with Gasteiger partial charge in [0.1, 0.15) is 5.69 Å². The van der Waals surface area contributed by atoms with Crippen LogP contribution in [0.4, 0.5) is 0 Å². The second kappa shape index (κ2) is 6.35. The van der Waals surface area contributed by atoms with Gasteiger partial charge in [0.05, 0.1) is 17.9 Å². The van der Waals surface area contributed by atoms with Gasteiger partial charge in [-0.3, -0.25) is 14.5 Å². The van der Waals surface area contributed by atoms with Crippen LogP contribution in [0.1, 0.15) is 32.9 Å². The Kier molecular flexibility index (Phi) is 3.83. The molecule has 1 aromatic carbocycles. The first-order chi connectivity index (χ1) is 13.2. The monoisotopic (exact) mass is 376 g/mol. The minimum Gasteiger partial charge on any atom is -0.349 e. The molecule has 0 saturated heterocycles. The number of carbonyl (C=O) groups is 1. The maximum Gasteiger partial charge on any atom is 0.269 e. The Morgan fingerprint density at radius 2 is 2.11 bits per heavy atom. The number of pyridine rings is 1. The van der Waals surface area contributed by atoms with Crippen molar-refractivity contribution in [2.24, 2.45) is 0 Å². The molecular formula is C21H17ClN4O. The van der Waals surface area contributed by atoms with Gasteiger partial charge in [-0.25, -0.2) is 0 Å². The number of hydrogen-bond donors (Lipinski definition) is 1. The molecule has 1 amide bonds. The van der Waals surface area contributed by atoms with E-state index in [1.165, 1.54) is 5.56 Å². The van der Waals surface area contributed by atoms with E-state index < -0.39 is 0 Å². The zero-order chi connectivity index (χ0) is 18.4. The van der Waals surface area contributed by atoms with Crippen LogP contribution in [0.3, 0.4) is 0 Å². The van der Waals surface area contributed by atoms with E-state index in [2.05, 4.69) is 16.4 Å². The Morgan fingerprint density at radius 1 is 1.19 bits per heavy atom. The molecule has 0 spiro atoms. The van der Waals surface area contributed by atoms with Crippen LogP contribution in [0.2, 0.25) is 5.02 Å². The highest BCUT2D eigenvalue weighted by molar-refractivity contribution is 6.30. The van der Waals surface area contributed by atoms with Crippen molar-refractivity contribution in [3.05, 3.63) is 69.6 Å². The van der Waals surface area contributed by atoms with E-state index in [-0.39, 0.29) is 5.91 Å². The summed E-state index contributed by atoms with van der Waals surface area (Å²) >= 11 is 6.05. The normalized spacial score (nSPS) is 15.2. The minimum atomic E-state index is -0.0198. The number of hydrogen-bond acceptors (Lipinski definition) is 3. The Balaban J connectivity index is 1.55. The van der Waals surface area contributed by atoms with Crippen molar-refractivity contribution in [1.29, 1.82) is 0 Å². The molecule has 3 aromatic rings. The summed E-state index contributed by atoms with van der Waals surface area (Å²) in [6.45, 7) is 1.35. The fourth-order valence-corrected chi connectivity index (χ4v) is 3.99. The van der Waals surface area contributed by atoms with Gasteiger partial charge in [0, 0.05) is 28.9 Å². The lowest BCUT2D eigenvalue weighted by atomic mass is 9.89. The van der Waals surface area contributed by atoms with Gasteiger partial charge in [-0.05, 0) is 48.2 Å². The molecule has 27 heavy (non-hydrogen) atoms. The number of rotatable bonds is 2. The maximum atomic E-state index is 12.3. The summed E-state index contributed by atoms with van der Waals surface area (Å²) < 4.78 is 1.85. The van der Waals surface area contributed by atoms with E-state index in [0.29, 0.717) is 11.6 Å². The first kappa shape index (κ1) is 16.3. The van der Waals surface area contributed by atoms with Gasteiger partial charge in [0.25, 0.3) is 5.91 Å². The van der Waals surface area contributed by atoms with Crippen molar-refractivity contribution >= 4 is 29.7 Å². The number of aryl methyl sites for hydroxylation is 1. The average Bonchev–Trinajstić information content (AvgIpc) is 3.07. The second-order valence-electron chi connectivity index (χ2n) is 6.81. The topological polar surface area (TPSA) is 59.8 Å². The van der Waals surface area contributed by atoms with Crippen molar-refractivity contribution < 1.29 is 4.79 Å². The summed E-state index contributed by atoms with van der Waals surface area (Å²) in [4.78, 5) is 16.8. The summed E-state index contributed by atoms with van der Waals surface area (Å²) in [5, 5.41) is 8.37. The van der Waals surface area contributed by atoms with E-state index in [9.17, 15) is 4.79 Å². The molecule has 0 atom stereocenters. The van der Waals surface area contributed by atoms with Crippen molar-refractivity contribution in [2.75, 3.05) is 6.54 Å². The van der Waals surface area contributed by atoms with Crippen molar-refractivity contribution in [3.8, 4) is 11.3 Å². The molecule has 0 bridgehead atoms. The third-order valence-electron chi connectivity index (χ3n) is 5.08. The summed E-state index contributed by atoms with van der Waals surface area (Å²) in [5.74, 6) is -0.0198. The van der Waals surface area contributed by atoms with Crippen molar-refractivity contribution in [1.82, 2.24) is 20.1 Å². The molecule has 1 aliphatic carbocycles. The molecule has 1 aliphatic heterocycles. The number of carbonyl (C=O) groups excluding carboxylic acids is 1. The number of nitrogens with zero attached hydrogens (tertiary/aromatic N) is 3. The molecule has 0 saturated carbocycles. The molecule has 0 radical (unpaired) electrons. The van der Waals surface area contributed by atoms with Gasteiger partial charge in [0.15, 0.2) is 0 Å². The lowest BCUT2D eigenvalue weighted by Crippen LogP contribution is -2.36. The fraction of sp³-hybridized carbons (Fsp3) is 0.190. The fourth-order valence-electron chi connectivity index (χ4n) is 3.79. The molecule has 0 fully saturated rings. The van der Waals surface area contributed by atoms with Crippen LogP contribution in [0.5, 0.6) is 0 Å². The van der Waals surface area contributed by atoms with Crippen LogP contribution in [0, 0.1) is 0 Å². The standard InChI is InChI=1S/C21H17ClN4O/c22-15-3-1-2-13(10-15)4-6-16-11-18-14(12-24-16)5-7-17-19(18)25-26-9-8-23-21(27)20(17)26/h1-4,6,10-12H,5,7-9H2,(H,23,27)/b6-4+. The highest BCUT2D eigenvalue weighted by Gasteiger charge is 2.30. The van der Waals surface area contributed by atoms with Crippen LogP contribution >= 0.6 is 11.6 Å². The van der Waals surface area contributed by atoms with Gasteiger partial charge >= 0.3 is 0 Å². The number of fused-ring (bicyclic) bond motifs is 5. The molecule has 0 unspecified atom stereocenters. The minimum absolute atomic E-state index is 0.0198. The molecule has 2 aliphatic rings. The van der Waals surface area contributed by atoms with Crippen LogP contribution < -0.4 is 5.32 Å². The zero-order valence-corrected chi connectivity index (χ0v) is 15.3. The van der Waals surface area contributed by atoms with E-state index in [4.69, 9.17) is 16.7 Å².